The Morgan fingerprint density at radius 2 is 2.06 bits per heavy atom. The van der Waals surface area contributed by atoms with Gasteiger partial charge in [-0.1, -0.05) is 0 Å². The van der Waals surface area contributed by atoms with E-state index in [2.05, 4.69) is 5.10 Å². The minimum atomic E-state index is -0.804. The fraction of sp³-hybridized carbons (Fsp3) is 0.444. The first-order valence-electron chi connectivity index (χ1n) is 4.81. The maximum Gasteiger partial charge on any atom is 0.332 e. The number of morpholine rings is 1. The van der Waals surface area contributed by atoms with Crippen LogP contribution in [-0.2, 0) is 9.53 Å². The Labute approximate surface area is 92.9 Å². The third-order valence-corrected chi connectivity index (χ3v) is 1.86. The highest BCUT2D eigenvalue weighted by atomic mass is 16.5. The van der Waals surface area contributed by atoms with E-state index in [1.54, 1.807) is 6.20 Å². The summed E-state index contributed by atoms with van der Waals surface area (Å²) in [6.07, 6.45) is 4.04. The van der Waals surface area contributed by atoms with Gasteiger partial charge in [0.15, 0.2) is 5.78 Å². The van der Waals surface area contributed by atoms with Gasteiger partial charge >= 0.3 is 6.03 Å². The number of ketones is 1. The number of allylic oxidation sites excluding steroid dienone is 1. The normalized spacial score (nSPS) is 16.9. The molecule has 0 aromatic carbocycles. The summed E-state index contributed by atoms with van der Waals surface area (Å²) in [5.41, 5.74) is 6.69. The van der Waals surface area contributed by atoms with Crippen molar-refractivity contribution in [2.75, 3.05) is 26.3 Å². The molecule has 0 aliphatic carbocycles. The van der Waals surface area contributed by atoms with Gasteiger partial charge in [-0.25, -0.2) is 10.2 Å². The minimum Gasteiger partial charge on any atom is -0.378 e. The monoisotopic (exact) mass is 226 g/mol. The smallest absolute Gasteiger partial charge is 0.332 e. The Hall–Kier alpha value is -1.89. The number of primary amides is 1. The molecular formula is C9H14N4O3. The van der Waals surface area contributed by atoms with Gasteiger partial charge in [0, 0.05) is 25.4 Å². The van der Waals surface area contributed by atoms with Gasteiger partial charge < -0.3 is 15.4 Å². The van der Waals surface area contributed by atoms with Crippen molar-refractivity contribution in [2.24, 2.45) is 10.8 Å². The SMILES string of the molecule is NC(=O)N/N=C\C(=O)/C=C/N1CCOCC1. The lowest BCUT2D eigenvalue weighted by Crippen LogP contribution is -2.32. The number of ether oxygens (including phenoxy) is 1. The van der Waals surface area contributed by atoms with Crippen LogP contribution in [0.1, 0.15) is 0 Å². The fourth-order valence-electron chi connectivity index (χ4n) is 1.11. The quantitative estimate of drug-likeness (QED) is 0.367. The van der Waals surface area contributed by atoms with Crippen molar-refractivity contribution in [3.05, 3.63) is 12.3 Å². The zero-order chi connectivity index (χ0) is 11.8. The fourth-order valence-corrected chi connectivity index (χ4v) is 1.11. The van der Waals surface area contributed by atoms with Crippen molar-refractivity contribution in [3.8, 4) is 0 Å². The van der Waals surface area contributed by atoms with Crippen LogP contribution in [0.25, 0.3) is 0 Å². The van der Waals surface area contributed by atoms with Crippen LogP contribution in [0.3, 0.4) is 0 Å². The second-order valence-corrected chi connectivity index (χ2v) is 3.10. The standard InChI is InChI=1S/C9H14N4O3/c10-9(15)12-11-7-8(14)1-2-13-3-5-16-6-4-13/h1-2,7H,3-6H2,(H3,10,12,15)/b2-1+,11-7-. The van der Waals surface area contributed by atoms with Gasteiger partial charge in [-0.15, -0.1) is 0 Å². The van der Waals surface area contributed by atoms with E-state index >= 15 is 0 Å². The zero-order valence-corrected chi connectivity index (χ0v) is 8.76. The summed E-state index contributed by atoms with van der Waals surface area (Å²) in [7, 11) is 0. The molecule has 7 nitrogen and oxygen atoms in total. The molecule has 1 aliphatic rings. The second-order valence-electron chi connectivity index (χ2n) is 3.10. The molecule has 0 aromatic heterocycles. The lowest BCUT2D eigenvalue weighted by Gasteiger charge is -2.24. The molecule has 2 amide bonds. The van der Waals surface area contributed by atoms with Crippen LogP contribution in [0, 0.1) is 0 Å². The van der Waals surface area contributed by atoms with Crippen molar-refractivity contribution in [1.29, 1.82) is 0 Å². The summed E-state index contributed by atoms with van der Waals surface area (Å²) < 4.78 is 5.15. The Morgan fingerprint density at radius 1 is 1.38 bits per heavy atom. The van der Waals surface area contributed by atoms with Crippen LogP contribution in [0.4, 0.5) is 4.79 Å². The van der Waals surface area contributed by atoms with Crippen molar-refractivity contribution >= 4 is 18.0 Å². The van der Waals surface area contributed by atoms with Gasteiger partial charge in [0.05, 0.1) is 19.4 Å². The van der Waals surface area contributed by atoms with Crippen molar-refractivity contribution < 1.29 is 14.3 Å². The zero-order valence-electron chi connectivity index (χ0n) is 8.76. The predicted molar refractivity (Wildman–Crippen MR) is 57.8 cm³/mol. The largest absolute Gasteiger partial charge is 0.378 e. The molecule has 0 radical (unpaired) electrons. The maximum atomic E-state index is 11.2. The number of hydrazone groups is 1. The van der Waals surface area contributed by atoms with E-state index in [-0.39, 0.29) is 5.78 Å². The van der Waals surface area contributed by atoms with Crippen LogP contribution in [0.15, 0.2) is 17.4 Å². The summed E-state index contributed by atoms with van der Waals surface area (Å²) in [4.78, 5) is 23.4. The van der Waals surface area contributed by atoms with E-state index < -0.39 is 6.03 Å². The molecule has 16 heavy (non-hydrogen) atoms. The molecule has 7 heteroatoms. The topological polar surface area (TPSA) is 97.0 Å². The third kappa shape index (κ3) is 5.11. The predicted octanol–water partition coefficient (Wildman–Crippen LogP) is -0.944. The number of carbonyl (C=O) groups excluding carboxylic acids is 2. The number of nitrogens with two attached hydrogens (primary N) is 1. The lowest BCUT2D eigenvalue weighted by molar-refractivity contribution is -0.108. The second kappa shape index (κ2) is 6.57. The molecule has 3 N–H and O–H groups in total. The number of hydrogen-bond acceptors (Lipinski definition) is 5. The van der Waals surface area contributed by atoms with Gasteiger partial charge in [-0.05, 0) is 0 Å². The van der Waals surface area contributed by atoms with Crippen LogP contribution >= 0.6 is 0 Å². The summed E-state index contributed by atoms with van der Waals surface area (Å²) in [5, 5.41) is 3.34. The van der Waals surface area contributed by atoms with Crippen LogP contribution in [0.2, 0.25) is 0 Å². The van der Waals surface area contributed by atoms with Crippen LogP contribution in [-0.4, -0.2) is 49.2 Å². The molecule has 0 bridgehead atoms. The van der Waals surface area contributed by atoms with E-state index in [0.29, 0.717) is 13.2 Å². The van der Waals surface area contributed by atoms with Crippen molar-refractivity contribution in [3.63, 3.8) is 0 Å². The first kappa shape index (κ1) is 12.2. The average Bonchev–Trinajstić information content (AvgIpc) is 2.27. The number of nitrogens with zero attached hydrogens (tertiary/aromatic N) is 2. The highest BCUT2D eigenvalue weighted by Gasteiger charge is 2.05. The van der Waals surface area contributed by atoms with Crippen LogP contribution in [0.5, 0.6) is 0 Å². The molecule has 0 spiro atoms. The van der Waals surface area contributed by atoms with Gasteiger partial charge in [-0.2, -0.15) is 5.10 Å². The van der Waals surface area contributed by atoms with Gasteiger partial charge in [0.25, 0.3) is 0 Å². The highest BCUT2D eigenvalue weighted by molar-refractivity contribution is 6.32. The van der Waals surface area contributed by atoms with E-state index in [0.717, 1.165) is 19.3 Å². The molecular weight excluding hydrogens is 212 g/mol. The highest BCUT2D eigenvalue weighted by Crippen LogP contribution is 1.96. The van der Waals surface area contributed by atoms with Crippen LogP contribution < -0.4 is 11.2 Å². The van der Waals surface area contributed by atoms with Gasteiger partial charge in [0.1, 0.15) is 0 Å². The lowest BCUT2D eigenvalue weighted by atomic mass is 10.4. The molecule has 0 aromatic rings. The number of rotatable bonds is 4. The minimum absolute atomic E-state index is 0.319. The summed E-state index contributed by atoms with van der Waals surface area (Å²) in [5.74, 6) is -0.319. The van der Waals surface area contributed by atoms with Crippen molar-refractivity contribution in [2.45, 2.75) is 0 Å². The van der Waals surface area contributed by atoms with E-state index in [1.165, 1.54) is 6.08 Å². The number of amides is 2. The summed E-state index contributed by atoms with van der Waals surface area (Å²) in [6.45, 7) is 2.85. The number of nitrogens with one attached hydrogen (secondary N) is 1. The molecule has 0 unspecified atom stereocenters. The molecule has 1 saturated heterocycles. The first-order valence-corrected chi connectivity index (χ1v) is 4.81. The Bertz CT molecular complexity index is 308. The molecule has 0 atom stereocenters. The molecule has 0 saturated carbocycles. The number of urea groups is 1. The maximum absolute atomic E-state index is 11.2. The first-order chi connectivity index (χ1) is 7.68. The van der Waals surface area contributed by atoms with Gasteiger partial charge in [0.2, 0.25) is 0 Å². The molecule has 1 aliphatic heterocycles. The van der Waals surface area contributed by atoms with Crippen molar-refractivity contribution in [1.82, 2.24) is 10.3 Å². The number of hydrogen-bond donors (Lipinski definition) is 2. The third-order valence-electron chi connectivity index (χ3n) is 1.86. The molecule has 88 valence electrons. The average molecular weight is 226 g/mol. The van der Waals surface area contributed by atoms with E-state index in [9.17, 15) is 9.59 Å². The van der Waals surface area contributed by atoms with E-state index in [1.807, 2.05) is 10.3 Å². The molecule has 1 heterocycles. The van der Waals surface area contributed by atoms with E-state index in [4.69, 9.17) is 10.5 Å². The Kier molecular flexibility index (Phi) is 5.00. The Morgan fingerprint density at radius 3 is 2.69 bits per heavy atom. The summed E-state index contributed by atoms with van der Waals surface area (Å²) in [6, 6.07) is -0.804. The number of carbonyl (C=O) groups is 2. The molecule has 1 rings (SSSR count). The summed E-state index contributed by atoms with van der Waals surface area (Å²) >= 11 is 0. The van der Waals surface area contributed by atoms with Gasteiger partial charge in [-0.3, -0.25) is 4.79 Å². The Balaban J connectivity index is 2.29. The molecule has 1 fully saturated rings.